The summed E-state index contributed by atoms with van der Waals surface area (Å²) in [6.07, 6.45) is 5.86. The Morgan fingerprint density at radius 1 is 1.15 bits per heavy atom. The molecular formula is C19H27N3O3S. The number of anilines is 2. The maximum absolute atomic E-state index is 12.8. The standard InChI is InChI=1S/C19H27N3O3S/c20-18-13-4-1-5-14(18)11-15(10-13)19(23)21-16-6-2-7-17(12-16)22-8-3-9-26(22,24)25/h2,6-7,12-15,18H,1,3-5,8-11,20H2,(H,21,23). The summed E-state index contributed by atoms with van der Waals surface area (Å²) in [5.74, 6) is 1.15. The van der Waals surface area contributed by atoms with Crippen molar-refractivity contribution in [2.75, 3.05) is 21.9 Å². The number of sulfonamides is 1. The van der Waals surface area contributed by atoms with E-state index in [1.807, 2.05) is 6.07 Å². The number of rotatable bonds is 3. The van der Waals surface area contributed by atoms with E-state index in [9.17, 15) is 13.2 Å². The van der Waals surface area contributed by atoms with Gasteiger partial charge in [-0.2, -0.15) is 0 Å². The molecule has 7 heteroatoms. The molecule has 1 aromatic carbocycles. The average Bonchev–Trinajstić information content (AvgIpc) is 2.94. The first-order valence-electron chi connectivity index (χ1n) is 9.61. The van der Waals surface area contributed by atoms with Crippen molar-refractivity contribution in [1.29, 1.82) is 0 Å². The number of carbonyl (C=O) groups is 1. The van der Waals surface area contributed by atoms with Crippen molar-refractivity contribution in [3.63, 3.8) is 0 Å². The van der Waals surface area contributed by atoms with Crippen molar-refractivity contribution >= 4 is 27.3 Å². The van der Waals surface area contributed by atoms with Crippen LogP contribution in [0, 0.1) is 17.8 Å². The summed E-state index contributed by atoms with van der Waals surface area (Å²) < 4.78 is 25.7. The highest BCUT2D eigenvalue weighted by molar-refractivity contribution is 7.93. The lowest BCUT2D eigenvalue weighted by Gasteiger charge is -2.43. The molecule has 3 aliphatic rings. The summed E-state index contributed by atoms with van der Waals surface area (Å²) in [6, 6.07) is 7.40. The molecule has 2 bridgehead atoms. The van der Waals surface area contributed by atoms with E-state index in [-0.39, 0.29) is 23.6 Å². The average molecular weight is 378 g/mol. The molecule has 3 N–H and O–H groups in total. The Kier molecular flexibility index (Phi) is 4.69. The van der Waals surface area contributed by atoms with Gasteiger partial charge >= 0.3 is 0 Å². The minimum Gasteiger partial charge on any atom is -0.327 e. The highest BCUT2D eigenvalue weighted by Crippen LogP contribution is 2.42. The zero-order chi connectivity index (χ0) is 18.3. The molecule has 26 heavy (non-hydrogen) atoms. The Hall–Kier alpha value is -1.60. The van der Waals surface area contributed by atoms with Gasteiger partial charge in [0.1, 0.15) is 0 Å². The van der Waals surface area contributed by atoms with E-state index in [4.69, 9.17) is 5.73 Å². The quantitative estimate of drug-likeness (QED) is 0.845. The largest absolute Gasteiger partial charge is 0.327 e. The number of carbonyl (C=O) groups excluding carboxylic acids is 1. The third-order valence-electron chi connectivity index (χ3n) is 6.28. The second kappa shape index (κ2) is 6.85. The van der Waals surface area contributed by atoms with Gasteiger partial charge in [-0.05, 0) is 62.1 Å². The van der Waals surface area contributed by atoms with Gasteiger partial charge in [-0.15, -0.1) is 0 Å². The molecule has 0 radical (unpaired) electrons. The summed E-state index contributed by atoms with van der Waals surface area (Å²) in [5, 5.41) is 3.01. The van der Waals surface area contributed by atoms with E-state index in [0.717, 1.165) is 25.7 Å². The fourth-order valence-electron chi connectivity index (χ4n) is 4.92. The first-order valence-corrected chi connectivity index (χ1v) is 11.2. The molecule has 4 rings (SSSR count). The molecule has 1 saturated heterocycles. The summed E-state index contributed by atoms with van der Waals surface area (Å²) in [6.45, 7) is 0.504. The molecule has 2 saturated carbocycles. The summed E-state index contributed by atoms with van der Waals surface area (Å²) in [4.78, 5) is 12.8. The predicted octanol–water partition coefficient (Wildman–Crippen LogP) is 2.32. The van der Waals surface area contributed by atoms with Crippen molar-refractivity contribution in [3.8, 4) is 0 Å². The fourth-order valence-corrected chi connectivity index (χ4v) is 6.47. The van der Waals surface area contributed by atoms with Gasteiger partial charge in [0, 0.05) is 24.2 Å². The smallest absolute Gasteiger partial charge is 0.235 e. The number of nitrogens with zero attached hydrogens (tertiary/aromatic N) is 1. The number of amides is 1. The molecule has 142 valence electrons. The van der Waals surface area contributed by atoms with Gasteiger partial charge in [0.2, 0.25) is 15.9 Å². The van der Waals surface area contributed by atoms with Gasteiger partial charge in [-0.25, -0.2) is 8.42 Å². The lowest BCUT2D eigenvalue weighted by Crippen LogP contribution is -2.48. The molecule has 1 aromatic rings. The second-order valence-electron chi connectivity index (χ2n) is 7.98. The molecule has 3 fully saturated rings. The van der Waals surface area contributed by atoms with Crippen molar-refractivity contribution in [2.24, 2.45) is 23.5 Å². The minimum atomic E-state index is -3.22. The molecule has 2 aliphatic carbocycles. The van der Waals surface area contributed by atoms with Crippen LogP contribution < -0.4 is 15.4 Å². The Labute approximate surface area is 155 Å². The van der Waals surface area contributed by atoms with E-state index in [0.29, 0.717) is 36.2 Å². The minimum absolute atomic E-state index is 0.00396. The molecule has 2 unspecified atom stereocenters. The normalized spacial score (nSPS) is 33.0. The van der Waals surface area contributed by atoms with E-state index in [1.54, 1.807) is 18.2 Å². The van der Waals surface area contributed by atoms with Gasteiger partial charge in [0.25, 0.3) is 0 Å². The van der Waals surface area contributed by atoms with Crippen molar-refractivity contribution in [3.05, 3.63) is 24.3 Å². The summed E-state index contributed by atoms with van der Waals surface area (Å²) in [7, 11) is -3.22. The van der Waals surface area contributed by atoms with Crippen LogP contribution in [0.5, 0.6) is 0 Å². The lowest BCUT2D eigenvalue weighted by molar-refractivity contribution is -0.122. The Bertz CT molecular complexity index is 781. The number of hydrogen-bond acceptors (Lipinski definition) is 4. The highest BCUT2D eigenvalue weighted by Gasteiger charge is 2.40. The molecule has 1 aliphatic heterocycles. The van der Waals surface area contributed by atoms with Crippen LogP contribution in [0.25, 0.3) is 0 Å². The molecule has 6 nitrogen and oxygen atoms in total. The Morgan fingerprint density at radius 3 is 2.54 bits per heavy atom. The Morgan fingerprint density at radius 2 is 1.88 bits per heavy atom. The third kappa shape index (κ3) is 3.34. The van der Waals surface area contributed by atoms with Crippen molar-refractivity contribution in [2.45, 2.75) is 44.6 Å². The van der Waals surface area contributed by atoms with Gasteiger partial charge in [-0.3, -0.25) is 9.10 Å². The maximum atomic E-state index is 12.8. The number of nitrogens with one attached hydrogen (secondary N) is 1. The SMILES string of the molecule is NC1C2CCCC1CC(C(=O)Nc1cccc(N3CCCS3(=O)=O)c1)C2. The van der Waals surface area contributed by atoms with E-state index in [1.165, 1.54) is 10.7 Å². The van der Waals surface area contributed by atoms with Crippen LogP contribution >= 0.6 is 0 Å². The fraction of sp³-hybridized carbons (Fsp3) is 0.632. The number of fused-ring (bicyclic) bond motifs is 2. The van der Waals surface area contributed by atoms with Gasteiger partial charge in [0.15, 0.2) is 0 Å². The number of benzene rings is 1. The number of hydrogen-bond donors (Lipinski definition) is 2. The molecule has 2 atom stereocenters. The van der Waals surface area contributed by atoms with Crippen LogP contribution in [-0.2, 0) is 14.8 Å². The molecule has 0 spiro atoms. The van der Waals surface area contributed by atoms with Crippen LogP contribution in [0.1, 0.15) is 38.5 Å². The zero-order valence-electron chi connectivity index (χ0n) is 14.9. The zero-order valence-corrected chi connectivity index (χ0v) is 15.7. The molecular weight excluding hydrogens is 350 g/mol. The first kappa shape index (κ1) is 17.8. The summed E-state index contributed by atoms with van der Waals surface area (Å²) in [5.41, 5.74) is 7.61. The Balaban J connectivity index is 1.46. The van der Waals surface area contributed by atoms with Crippen LogP contribution in [0.4, 0.5) is 11.4 Å². The second-order valence-corrected chi connectivity index (χ2v) is 9.99. The third-order valence-corrected chi connectivity index (χ3v) is 8.15. The highest BCUT2D eigenvalue weighted by atomic mass is 32.2. The lowest BCUT2D eigenvalue weighted by atomic mass is 9.65. The van der Waals surface area contributed by atoms with E-state index < -0.39 is 10.0 Å². The monoisotopic (exact) mass is 377 g/mol. The molecule has 1 amide bonds. The van der Waals surface area contributed by atoms with Crippen LogP contribution in [0.3, 0.4) is 0 Å². The van der Waals surface area contributed by atoms with E-state index >= 15 is 0 Å². The first-order chi connectivity index (χ1) is 12.4. The molecule has 0 aromatic heterocycles. The van der Waals surface area contributed by atoms with Crippen LogP contribution in [0.15, 0.2) is 24.3 Å². The predicted molar refractivity (Wildman–Crippen MR) is 102 cm³/mol. The number of nitrogens with two attached hydrogens (primary N) is 1. The van der Waals surface area contributed by atoms with Crippen LogP contribution in [-0.4, -0.2) is 32.7 Å². The van der Waals surface area contributed by atoms with Crippen LogP contribution in [0.2, 0.25) is 0 Å². The van der Waals surface area contributed by atoms with Gasteiger partial charge < -0.3 is 11.1 Å². The van der Waals surface area contributed by atoms with E-state index in [2.05, 4.69) is 5.32 Å². The van der Waals surface area contributed by atoms with Crippen molar-refractivity contribution < 1.29 is 13.2 Å². The topological polar surface area (TPSA) is 92.5 Å². The van der Waals surface area contributed by atoms with Gasteiger partial charge in [-0.1, -0.05) is 12.5 Å². The van der Waals surface area contributed by atoms with Crippen molar-refractivity contribution in [1.82, 2.24) is 0 Å². The van der Waals surface area contributed by atoms with Gasteiger partial charge in [0.05, 0.1) is 11.4 Å². The maximum Gasteiger partial charge on any atom is 0.235 e. The molecule has 1 heterocycles. The summed E-state index contributed by atoms with van der Waals surface area (Å²) >= 11 is 0.